The summed E-state index contributed by atoms with van der Waals surface area (Å²) < 4.78 is 6.33. The summed E-state index contributed by atoms with van der Waals surface area (Å²) in [7, 11) is 0. The zero-order valence-corrected chi connectivity index (χ0v) is 10.8. The van der Waals surface area contributed by atoms with E-state index in [0.717, 1.165) is 0 Å². The smallest absolute Gasteiger partial charge is 0.325 e. The van der Waals surface area contributed by atoms with Crippen LogP contribution in [-0.4, -0.2) is 45.2 Å². The van der Waals surface area contributed by atoms with Gasteiger partial charge in [0.15, 0.2) is 0 Å². The van der Waals surface area contributed by atoms with Gasteiger partial charge in [-0.05, 0) is 13.3 Å². The molecule has 0 aliphatic carbocycles. The van der Waals surface area contributed by atoms with Gasteiger partial charge in [-0.1, -0.05) is 5.21 Å². The van der Waals surface area contributed by atoms with Gasteiger partial charge in [0.2, 0.25) is 5.91 Å². The largest absolute Gasteiger partial charge is 0.480 e. The van der Waals surface area contributed by atoms with Crippen molar-refractivity contribution < 1.29 is 19.4 Å². The molecular weight excluding hydrogens is 252 g/mol. The second kappa shape index (κ2) is 8.20. The first-order valence-electron chi connectivity index (χ1n) is 6.07. The van der Waals surface area contributed by atoms with Gasteiger partial charge in [-0.2, -0.15) is 0 Å². The van der Waals surface area contributed by atoms with Gasteiger partial charge in [-0.15, -0.1) is 5.10 Å². The molecular formula is C11H18N4O4. The molecule has 1 aromatic rings. The molecule has 1 amide bonds. The van der Waals surface area contributed by atoms with Crippen LogP contribution in [0.4, 0.5) is 0 Å². The fraction of sp³-hybridized carbons (Fsp3) is 0.636. The Morgan fingerprint density at radius 1 is 1.53 bits per heavy atom. The van der Waals surface area contributed by atoms with Crippen molar-refractivity contribution in [1.29, 1.82) is 0 Å². The molecule has 0 aromatic carbocycles. The molecule has 0 unspecified atom stereocenters. The van der Waals surface area contributed by atoms with Crippen LogP contribution in [0.25, 0.3) is 0 Å². The van der Waals surface area contributed by atoms with E-state index in [2.05, 4.69) is 15.6 Å². The fourth-order valence-electron chi connectivity index (χ4n) is 1.39. The monoisotopic (exact) mass is 270 g/mol. The Morgan fingerprint density at radius 3 is 3.00 bits per heavy atom. The van der Waals surface area contributed by atoms with Crippen molar-refractivity contribution in [3.63, 3.8) is 0 Å². The summed E-state index contributed by atoms with van der Waals surface area (Å²) in [6.45, 7) is 3.12. The van der Waals surface area contributed by atoms with Crippen molar-refractivity contribution >= 4 is 11.9 Å². The van der Waals surface area contributed by atoms with E-state index >= 15 is 0 Å². The molecule has 0 saturated heterocycles. The van der Waals surface area contributed by atoms with E-state index < -0.39 is 5.97 Å². The van der Waals surface area contributed by atoms with Crippen LogP contribution in [0.3, 0.4) is 0 Å². The minimum atomic E-state index is -0.989. The molecule has 0 radical (unpaired) electrons. The number of carbonyl (C=O) groups is 2. The minimum Gasteiger partial charge on any atom is -0.480 e. The second-order valence-electron chi connectivity index (χ2n) is 3.88. The molecule has 0 bridgehead atoms. The number of hydrogen-bond acceptors (Lipinski definition) is 5. The normalized spacial score (nSPS) is 10.4. The summed E-state index contributed by atoms with van der Waals surface area (Å²) in [5.41, 5.74) is 0.527. The van der Waals surface area contributed by atoms with Crippen molar-refractivity contribution in [3.05, 3.63) is 11.9 Å². The number of carboxylic acid groups (broad SMARTS) is 1. The number of carbonyl (C=O) groups excluding carboxylic acids is 1. The maximum absolute atomic E-state index is 11.4. The van der Waals surface area contributed by atoms with Gasteiger partial charge in [0.25, 0.3) is 0 Å². The average molecular weight is 270 g/mol. The van der Waals surface area contributed by atoms with E-state index in [-0.39, 0.29) is 19.0 Å². The highest BCUT2D eigenvalue weighted by molar-refractivity contribution is 5.75. The molecule has 19 heavy (non-hydrogen) atoms. The molecule has 0 aliphatic rings. The lowest BCUT2D eigenvalue weighted by Gasteiger charge is -2.03. The fourth-order valence-corrected chi connectivity index (χ4v) is 1.39. The lowest BCUT2D eigenvalue weighted by atomic mass is 10.3. The summed E-state index contributed by atoms with van der Waals surface area (Å²) in [6, 6.07) is 0. The van der Waals surface area contributed by atoms with Crippen LogP contribution in [0.5, 0.6) is 0 Å². The molecule has 0 atom stereocenters. The van der Waals surface area contributed by atoms with E-state index in [9.17, 15) is 9.59 Å². The molecule has 8 heteroatoms. The van der Waals surface area contributed by atoms with Gasteiger partial charge in [-0.25, -0.2) is 4.68 Å². The van der Waals surface area contributed by atoms with E-state index in [1.54, 1.807) is 0 Å². The first-order valence-corrected chi connectivity index (χ1v) is 6.07. The Balaban J connectivity index is 2.22. The zero-order valence-electron chi connectivity index (χ0n) is 10.8. The average Bonchev–Trinajstić information content (AvgIpc) is 2.79. The number of rotatable bonds is 9. The number of hydrogen-bond donors (Lipinski definition) is 2. The van der Waals surface area contributed by atoms with Crippen LogP contribution in [0.1, 0.15) is 25.5 Å². The minimum absolute atomic E-state index is 0.0903. The molecule has 0 saturated carbocycles. The highest BCUT2D eigenvalue weighted by atomic mass is 16.5. The molecule has 1 heterocycles. The van der Waals surface area contributed by atoms with Gasteiger partial charge < -0.3 is 15.2 Å². The number of ether oxygens (including phenoxy) is 1. The van der Waals surface area contributed by atoms with Crippen LogP contribution in [0.15, 0.2) is 6.20 Å². The maximum Gasteiger partial charge on any atom is 0.325 e. The zero-order chi connectivity index (χ0) is 14.1. The maximum atomic E-state index is 11.4. The van der Waals surface area contributed by atoms with Crippen LogP contribution < -0.4 is 5.32 Å². The Morgan fingerprint density at radius 2 is 2.32 bits per heavy atom. The molecule has 0 fully saturated rings. The van der Waals surface area contributed by atoms with E-state index in [4.69, 9.17) is 9.84 Å². The van der Waals surface area contributed by atoms with Crippen molar-refractivity contribution in [2.45, 2.75) is 32.9 Å². The second-order valence-corrected chi connectivity index (χ2v) is 3.88. The van der Waals surface area contributed by atoms with E-state index in [1.807, 2.05) is 6.92 Å². The van der Waals surface area contributed by atoms with Gasteiger partial charge in [-0.3, -0.25) is 9.59 Å². The predicted octanol–water partition coefficient (Wildman–Crippen LogP) is -0.204. The van der Waals surface area contributed by atoms with Crippen LogP contribution in [0, 0.1) is 0 Å². The van der Waals surface area contributed by atoms with Crippen LogP contribution >= 0.6 is 0 Å². The standard InChI is InChI=1S/C11H18N4O4/c1-2-19-5-3-4-10(16)12-6-9-7-15(14-13-9)8-11(17)18/h7H,2-6,8H2,1H3,(H,12,16)(H,17,18). The first-order chi connectivity index (χ1) is 9.11. The van der Waals surface area contributed by atoms with Crippen molar-refractivity contribution in [3.8, 4) is 0 Å². The summed E-state index contributed by atoms with van der Waals surface area (Å²) in [6.07, 6.45) is 2.56. The SMILES string of the molecule is CCOCCCC(=O)NCc1cn(CC(=O)O)nn1. The van der Waals surface area contributed by atoms with Gasteiger partial charge in [0.05, 0.1) is 12.7 Å². The Hall–Kier alpha value is -1.96. The lowest BCUT2D eigenvalue weighted by molar-refractivity contribution is -0.138. The van der Waals surface area contributed by atoms with Gasteiger partial charge in [0.1, 0.15) is 12.2 Å². The molecule has 106 valence electrons. The van der Waals surface area contributed by atoms with Gasteiger partial charge >= 0.3 is 5.97 Å². The highest BCUT2D eigenvalue weighted by Gasteiger charge is 2.06. The van der Waals surface area contributed by atoms with Crippen molar-refractivity contribution in [1.82, 2.24) is 20.3 Å². The summed E-state index contributed by atoms with van der Waals surface area (Å²) in [5, 5.41) is 18.6. The van der Waals surface area contributed by atoms with Gasteiger partial charge in [0, 0.05) is 19.6 Å². The number of carboxylic acids is 1. The molecule has 1 aromatic heterocycles. The predicted molar refractivity (Wildman–Crippen MR) is 65.2 cm³/mol. The summed E-state index contributed by atoms with van der Waals surface area (Å²) >= 11 is 0. The van der Waals surface area contributed by atoms with E-state index in [1.165, 1.54) is 10.9 Å². The third-order valence-electron chi connectivity index (χ3n) is 2.25. The summed E-state index contributed by atoms with van der Waals surface area (Å²) in [5.74, 6) is -1.08. The van der Waals surface area contributed by atoms with Crippen LogP contribution in [-0.2, 0) is 27.4 Å². The molecule has 0 aliphatic heterocycles. The number of nitrogens with one attached hydrogen (secondary N) is 1. The van der Waals surface area contributed by atoms with E-state index in [0.29, 0.717) is 31.7 Å². The number of aromatic nitrogens is 3. The Kier molecular flexibility index (Phi) is 6.51. The third kappa shape index (κ3) is 6.51. The lowest BCUT2D eigenvalue weighted by Crippen LogP contribution is -2.23. The van der Waals surface area contributed by atoms with Crippen LogP contribution in [0.2, 0.25) is 0 Å². The number of nitrogens with zero attached hydrogens (tertiary/aromatic N) is 3. The number of amides is 1. The molecule has 8 nitrogen and oxygen atoms in total. The quantitative estimate of drug-likeness (QED) is 0.602. The third-order valence-corrected chi connectivity index (χ3v) is 2.25. The van der Waals surface area contributed by atoms with Crippen molar-refractivity contribution in [2.24, 2.45) is 0 Å². The summed E-state index contributed by atoms with van der Waals surface area (Å²) in [4.78, 5) is 21.9. The highest BCUT2D eigenvalue weighted by Crippen LogP contribution is 1.95. The first kappa shape index (κ1) is 15.1. The molecule has 0 spiro atoms. The molecule has 1 rings (SSSR count). The Bertz CT molecular complexity index is 419. The Labute approximate surface area is 110 Å². The van der Waals surface area contributed by atoms with Crippen molar-refractivity contribution in [2.75, 3.05) is 13.2 Å². The number of aliphatic carboxylic acids is 1. The molecule has 2 N–H and O–H groups in total. The topological polar surface area (TPSA) is 106 Å².